The lowest BCUT2D eigenvalue weighted by molar-refractivity contribution is -0.127. The number of aromatic nitrogens is 2. The smallest absolute Gasteiger partial charge is 0.233 e. The molecule has 124 valence electrons. The highest BCUT2D eigenvalue weighted by Crippen LogP contribution is 2.25. The molecule has 0 fully saturated rings. The molecule has 2 aromatic carbocycles. The van der Waals surface area contributed by atoms with E-state index >= 15 is 0 Å². The van der Waals surface area contributed by atoms with Gasteiger partial charge in [-0.1, -0.05) is 53.7 Å². The number of hydrogen-bond donors (Lipinski definition) is 0. The molecule has 6 heteroatoms. The van der Waals surface area contributed by atoms with Crippen LogP contribution in [0.3, 0.4) is 0 Å². The first kappa shape index (κ1) is 16.9. The number of hydrogen-bond acceptors (Lipinski definition) is 3. The Kier molecular flexibility index (Phi) is 5.11. The molecule has 0 N–H and O–H groups in total. The number of halogens is 1. The van der Waals surface area contributed by atoms with E-state index in [0.29, 0.717) is 17.3 Å². The Hall–Kier alpha value is -1.98. The van der Waals surface area contributed by atoms with Crippen LogP contribution in [0.5, 0.6) is 0 Å². The van der Waals surface area contributed by atoms with Crippen molar-refractivity contribution in [1.29, 1.82) is 0 Å². The first-order chi connectivity index (χ1) is 11.5. The average molecular weight is 360 g/mol. The molecule has 0 spiro atoms. The molecule has 1 amide bonds. The third-order valence-electron chi connectivity index (χ3n) is 3.81. The number of amides is 1. The van der Waals surface area contributed by atoms with Gasteiger partial charge in [-0.05, 0) is 23.8 Å². The van der Waals surface area contributed by atoms with Gasteiger partial charge in [0.2, 0.25) is 5.91 Å². The maximum absolute atomic E-state index is 12.3. The van der Waals surface area contributed by atoms with E-state index in [0.717, 1.165) is 21.8 Å². The summed E-state index contributed by atoms with van der Waals surface area (Å²) in [5, 5.41) is 1.48. The van der Waals surface area contributed by atoms with Crippen molar-refractivity contribution in [2.24, 2.45) is 7.05 Å². The van der Waals surface area contributed by atoms with Gasteiger partial charge in [-0.3, -0.25) is 4.79 Å². The van der Waals surface area contributed by atoms with Gasteiger partial charge in [-0.2, -0.15) is 0 Å². The second-order valence-corrected chi connectivity index (χ2v) is 6.99. The molecule has 0 aliphatic rings. The third-order valence-corrected chi connectivity index (χ3v) is 5.06. The van der Waals surface area contributed by atoms with Crippen LogP contribution >= 0.6 is 23.4 Å². The monoisotopic (exact) mass is 359 g/mol. The lowest BCUT2D eigenvalue weighted by Crippen LogP contribution is -2.27. The predicted molar refractivity (Wildman–Crippen MR) is 99.4 cm³/mol. The van der Waals surface area contributed by atoms with Crippen molar-refractivity contribution >= 4 is 40.3 Å². The Morgan fingerprint density at radius 2 is 2.00 bits per heavy atom. The van der Waals surface area contributed by atoms with Crippen LogP contribution in [0.4, 0.5) is 0 Å². The lowest BCUT2D eigenvalue weighted by atomic mass is 10.2. The second-order valence-electron chi connectivity index (χ2n) is 5.61. The van der Waals surface area contributed by atoms with Crippen molar-refractivity contribution in [3.05, 3.63) is 59.1 Å². The van der Waals surface area contributed by atoms with Gasteiger partial charge in [0.1, 0.15) is 0 Å². The Labute approximate surface area is 150 Å². The zero-order valence-electron chi connectivity index (χ0n) is 13.6. The quantitative estimate of drug-likeness (QED) is 0.647. The van der Waals surface area contributed by atoms with Crippen LogP contribution in [0.15, 0.2) is 53.7 Å². The number of carbonyl (C=O) groups excluding carboxylic acids is 1. The Morgan fingerprint density at radius 3 is 2.75 bits per heavy atom. The predicted octanol–water partition coefficient (Wildman–Crippen LogP) is 3.98. The van der Waals surface area contributed by atoms with E-state index < -0.39 is 0 Å². The summed E-state index contributed by atoms with van der Waals surface area (Å²) in [5.41, 5.74) is 2.97. The minimum atomic E-state index is 0.0777. The molecule has 24 heavy (non-hydrogen) atoms. The van der Waals surface area contributed by atoms with Crippen molar-refractivity contribution in [1.82, 2.24) is 14.5 Å². The summed E-state index contributed by atoms with van der Waals surface area (Å²) in [6, 6.07) is 15.6. The van der Waals surface area contributed by atoms with Gasteiger partial charge >= 0.3 is 0 Å². The number of imidazole rings is 1. The topological polar surface area (TPSA) is 38.1 Å². The van der Waals surface area contributed by atoms with Crippen LogP contribution in [-0.2, 0) is 18.4 Å². The van der Waals surface area contributed by atoms with Crippen LogP contribution in [-0.4, -0.2) is 33.2 Å². The molecule has 0 radical (unpaired) electrons. The fraction of sp³-hybridized carbons (Fsp3) is 0.222. The van der Waals surface area contributed by atoms with Crippen molar-refractivity contribution in [2.45, 2.75) is 11.7 Å². The van der Waals surface area contributed by atoms with Crippen molar-refractivity contribution in [2.75, 3.05) is 12.8 Å². The molecule has 4 nitrogen and oxygen atoms in total. The average Bonchev–Trinajstić information content (AvgIpc) is 2.88. The molecular formula is C18H18ClN3OS. The van der Waals surface area contributed by atoms with E-state index in [1.807, 2.05) is 67.2 Å². The third kappa shape index (κ3) is 3.74. The molecule has 3 rings (SSSR count). The number of nitrogens with zero attached hydrogens (tertiary/aromatic N) is 3. The van der Waals surface area contributed by atoms with Crippen molar-refractivity contribution in [3.8, 4) is 0 Å². The fourth-order valence-electron chi connectivity index (χ4n) is 2.46. The minimum Gasteiger partial charge on any atom is -0.341 e. The Bertz CT molecular complexity index is 863. The van der Waals surface area contributed by atoms with Crippen LogP contribution in [0.2, 0.25) is 5.02 Å². The molecule has 1 heterocycles. The molecular weight excluding hydrogens is 342 g/mol. The van der Waals surface area contributed by atoms with E-state index in [9.17, 15) is 4.79 Å². The zero-order valence-corrected chi connectivity index (χ0v) is 15.1. The molecule has 0 aliphatic heterocycles. The molecule has 0 unspecified atom stereocenters. The van der Waals surface area contributed by atoms with Crippen LogP contribution < -0.4 is 0 Å². The molecule has 0 aliphatic carbocycles. The molecule has 0 saturated heterocycles. The number of aryl methyl sites for hydroxylation is 1. The maximum atomic E-state index is 12.3. The summed E-state index contributed by atoms with van der Waals surface area (Å²) in [4.78, 5) is 18.6. The van der Waals surface area contributed by atoms with Gasteiger partial charge in [-0.15, -0.1) is 0 Å². The number of carbonyl (C=O) groups is 1. The number of thioether (sulfide) groups is 1. The first-order valence-electron chi connectivity index (χ1n) is 7.57. The number of fused-ring (bicyclic) bond motifs is 1. The van der Waals surface area contributed by atoms with Gasteiger partial charge in [0.15, 0.2) is 5.16 Å². The van der Waals surface area contributed by atoms with Crippen LogP contribution in [0.25, 0.3) is 11.0 Å². The maximum Gasteiger partial charge on any atom is 0.233 e. The summed E-state index contributed by atoms with van der Waals surface area (Å²) in [5.74, 6) is 0.433. The minimum absolute atomic E-state index is 0.0777. The molecule has 0 atom stereocenters. The van der Waals surface area contributed by atoms with Crippen molar-refractivity contribution in [3.63, 3.8) is 0 Å². The number of rotatable bonds is 5. The SMILES string of the molecule is CN(Cc1ccccc1)C(=O)CSc1nc2cc(Cl)ccc2n1C. The van der Waals surface area contributed by atoms with E-state index in [1.54, 1.807) is 4.90 Å². The highest BCUT2D eigenvalue weighted by atomic mass is 35.5. The van der Waals surface area contributed by atoms with Crippen LogP contribution in [0.1, 0.15) is 5.56 Å². The van der Waals surface area contributed by atoms with Gasteiger partial charge in [-0.25, -0.2) is 4.98 Å². The zero-order chi connectivity index (χ0) is 17.1. The summed E-state index contributed by atoms with van der Waals surface area (Å²) >= 11 is 7.45. The van der Waals surface area contributed by atoms with Gasteiger partial charge in [0.25, 0.3) is 0 Å². The Balaban J connectivity index is 1.65. The highest BCUT2D eigenvalue weighted by molar-refractivity contribution is 7.99. The first-order valence-corrected chi connectivity index (χ1v) is 8.93. The lowest BCUT2D eigenvalue weighted by Gasteiger charge is -2.16. The van der Waals surface area contributed by atoms with E-state index in [4.69, 9.17) is 11.6 Å². The Morgan fingerprint density at radius 1 is 1.25 bits per heavy atom. The standard InChI is InChI=1S/C18H18ClN3OS/c1-21(11-13-6-4-3-5-7-13)17(23)12-24-18-20-15-10-14(19)8-9-16(15)22(18)2/h3-10H,11-12H2,1-2H3. The molecule has 0 saturated carbocycles. The van der Waals surface area contributed by atoms with Crippen molar-refractivity contribution < 1.29 is 4.79 Å². The largest absolute Gasteiger partial charge is 0.341 e. The van der Waals surface area contributed by atoms with Gasteiger partial charge < -0.3 is 9.47 Å². The normalized spacial score (nSPS) is 11.0. The summed E-state index contributed by atoms with van der Waals surface area (Å²) in [7, 11) is 3.77. The molecule has 3 aromatic rings. The van der Waals surface area contributed by atoms with E-state index in [2.05, 4.69) is 4.98 Å². The summed E-state index contributed by atoms with van der Waals surface area (Å²) in [6.45, 7) is 0.610. The van der Waals surface area contributed by atoms with E-state index in [1.165, 1.54) is 11.8 Å². The fourth-order valence-corrected chi connectivity index (χ4v) is 3.56. The van der Waals surface area contributed by atoms with Crippen LogP contribution in [0, 0.1) is 0 Å². The summed E-state index contributed by atoms with van der Waals surface area (Å²) in [6.07, 6.45) is 0. The number of benzene rings is 2. The highest BCUT2D eigenvalue weighted by Gasteiger charge is 2.14. The van der Waals surface area contributed by atoms with Gasteiger partial charge in [0, 0.05) is 25.7 Å². The second kappa shape index (κ2) is 7.28. The molecule has 0 bridgehead atoms. The van der Waals surface area contributed by atoms with E-state index in [-0.39, 0.29) is 5.91 Å². The summed E-state index contributed by atoms with van der Waals surface area (Å²) < 4.78 is 1.99. The van der Waals surface area contributed by atoms with Gasteiger partial charge in [0.05, 0.1) is 16.8 Å². The molecule has 1 aromatic heterocycles.